The van der Waals surface area contributed by atoms with Gasteiger partial charge in [-0.3, -0.25) is 0 Å². The monoisotopic (exact) mass is 266 g/mol. The lowest BCUT2D eigenvalue weighted by Gasteiger charge is -2.27. The third-order valence-corrected chi connectivity index (χ3v) is 4.33. The minimum absolute atomic E-state index is 0.455. The van der Waals surface area contributed by atoms with Crippen molar-refractivity contribution in [2.45, 2.75) is 39.7 Å². The van der Waals surface area contributed by atoms with Gasteiger partial charge < -0.3 is 10.6 Å². The topological polar surface area (TPSA) is 29.3 Å². The Labute approximate surface area is 115 Å². The van der Waals surface area contributed by atoms with Gasteiger partial charge in [0.1, 0.15) is 0 Å². The van der Waals surface area contributed by atoms with E-state index < -0.39 is 0 Å². The summed E-state index contributed by atoms with van der Waals surface area (Å²) >= 11 is 6.24. The number of benzene rings is 1. The van der Waals surface area contributed by atoms with Gasteiger partial charge in [-0.25, -0.2) is 0 Å². The molecular formula is C15H23ClN2. The smallest absolute Gasteiger partial charge is 0.0471 e. The van der Waals surface area contributed by atoms with E-state index >= 15 is 0 Å². The summed E-state index contributed by atoms with van der Waals surface area (Å²) in [5.74, 6) is 0. The third-order valence-electron chi connectivity index (χ3n) is 3.98. The van der Waals surface area contributed by atoms with Crippen molar-refractivity contribution >= 4 is 17.3 Å². The van der Waals surface area contributed by atoms with E-state index in [0.717, 1.165) is 23.7 Å². The summed E-state index contributed by atoms with van der Waals surface area (Å²) in [4.78, 5) is 2.45. The zero-order valence-corrected chi connectivity index (χ0v) is 12.1. The number of anilines is 1. The van der Waals surface area contributed by atoms with E-state index in [-0.39, 0.29) is 0 Å². The van der Waals surface area contributed by atoms with Crippen LogP contribution in [0.5, 0.6) is 0 Å². The second-order valence-electron chi connectivity index (χ2n) is 5.95. The highest BCUT2D eigenvalue weighted by molar-refractivity contribution is 6.31. The normalized spacial score (nSPS) is 19.7. The Morgan fingerprint density at radius 1 is 1.28 bits per heavy atom. The average Bonchev–Trinajstić information content (AvgIpc) is 2.50. The zero-order chi connectivity index (χ0) is 13.2. The lowest BCUT2D eigenvalue weighted by Crippen LogP contribution is -2.26. The van der Waals surface area contributed by atoms with Crippen LogP contribution >= 0.6 is 11.6 Å². The van der Waals surface area contributed by atoms with Crippen molar-refractivity contribution in [3.05, 3.63) is 28.8 Å². The molecule has 0 atom stereocenters. The van der Waals surface area contributed by atoms with E-state index in [1.165, 1.54) is 24.9 Å². The van der Waals surface area contributed by atoms with Crippen LogP contribution in [0.1, 0.15) is 38.7 Å². The molecule has 2 rings (SSSR count). The summed E-state index contributed by atoms with van der Waals surface area (Å²) in [5, 5.41) is 0.790. The number of hydrogen-bond acceptors (Lipinski definition) is 2. The maximum atomic E-state index is 6.24. The predicted molar refractivity (Wildman–Crippen MR) is 79.2 cm³/mol. The summed E-state index contributed by atoms with van der Waals surface area (Å²) in [6, 6.07) is 6.09. The second-order valence-corrected chi connectivity index (χ2v) is 6.35. The van der Waals surface area contributed by atoms with Crippen molar-refractivity contribution in [3.63, 3.8) is 0 Å². The van der Waals surface area contributed by atoms with Gasteiger partial charge in [0.2, 0.25) is 0 Å². The van der Waals surface area contributed by atoms with Crippen LogP contribution in [-0.4, -0.2) is 13.1 Å². The molecule has 0 spiro atoms. The summed E-state index contributed by atoms with van der Waals surface area (Å²) in [6.45, 7) is 7.43. The molecular weight excluding hydrogens is 244 g/mol. The Bertz CT molecular complexity index is 415. The molecule has 1 saturated heterocycles. The number of nitrogens with two attached hydrogens (primary N) is 1. The van der Waals surface area contributed by atoms with E-state index in [1.54, 1.807) is 0 Å². The second kappa shape index (κ2) is 5.50. The van der Waals surface area contributed by atoms with Crippen LogP contribution in [0.2, 0.25) is 5.02 Å². The molecule has 18 heavy (non-hydrogen) atoms. The van der Waals surface area contributed by atoms with E-state index in [9.17, 15) is 0 Å². The molecule has 100 valence electrons. The van der Waals surface area contributed by atoms with Crippen molar-refractivity contribution in [1.29, 1.82) is 0 Å². The quantitative estimate of drug-likeness (QED) is 0.882. The summed E-state index contributed by atoms with van der Waals surface area (Å²) in [7, 11) is 0. The molecule has 2 nitrogen and oxygen atoms in total. The van der Waals surface area contributed by atoms with Crippen LogP contribution < -0.4 is 10.6 Å². The molecule has 0 saturated carbocycles. The fourth-order valence-corrected chi connectivity index (χ4v) is 2.96. The van der Waals surface area contributed by atoms with Crippen LogP contribution in [-0.2, 0) is 6.54 Å². The zero-order valence-electron chi connectivity index (χ0n) is 11.4. The van der Waals surface area contributed by atoms with Crippen LogP contribution in [0.15, 0.2) is 18.2 Å². The van der Waals surface area contributed by atoms with Gasteiger partial charge in [-0.05, 0) is 36.8 Å². The minimum atomic E-state index is 0.455. The number of nitrogens with zero attached hydrogens (tertiary/aromatic N) is 1. The first-order valence-corrected chi connectivity index (χ1v) is 7.14. The van der Waals surface area contributed by atoms with E-state index in [1.807, 2.05) is 12.1 Å². The molecule has 0 bridgehead atoms. The molecule has 1 aromatic carbocycles. The van der Waals surface area contributed by atoms with Gasteiger partial charge in [-0.2, -0.15) is 0 Å². The van der Waals surface area contributed by atoms with Crippen LogP contribution in [0, 0.1) is 5.41 Å². The van der Waals surface area contributed by atoms with Crippen molar-refractivity contribution in [1.82, 2.24) is 0 Å². The maximum absolute atomic E-state index is 6.24. The van der Waals surface area contributed by atoms with Crippen molar-refractivity contribution in [3.8, 4) is 0 Å². The van der Waals surface area contributed by atoms with Gasteiger partial charge in [-0.15, -0.1) is 0 Å². The molecule has 1 fully saturated rings. The first kappa shape index (κ1) is 13.7. The van der Waals surface area contributed by atoms with Gasteiger partial charge in [0, 0.05) is 35.9 Å². The van der Waals surface area contributed by atoms with Crippen molar-refractivity contribution in [2.75, 3.05) is 18.0 Å². The van der Waals surface area contributed by atoms with Crippen LogP contribution in [0.3, 0.4) is 0 Å². The molecule has 2 N–H and O–H groups in total. The molecule has 0 aromatic heterocycles. The lowest BCUT2D eigenvalue weighted by molar-refractivity contribution is 0.325. The molecule has 1 aliphatic heterocycles. The molecule has 0 unspecified atom stereocenters. The molecule has 1 heterocycles. The molecule has 1 aromatic rings. The Morgan fingerprint density at radius 3 is 2.78 bits per heavy atom. The van der Waals surface area contributed by atoms with Crippen LogP contribution in [0.4, 0.5) is 5.69 Å². The van der Waals surface area contributed by atoms with Gasteiger partial charge in [0.15, 0.2) is 0 Å². The number of halogens is 1. The molecule has 0 radical (unpaired) electrons. The van der Waals surface area contributed by atoms with Crippen molar-refractivity contribution < 1.29 is 0 Å². The summed E-state index contributed by atoms with van der Waals surface area (Å²) in [6.07, 6.45) is 3.76. The third kappa shape index (κ3) is 2.99. The SMILES string of the molecule is CC1(C)CCCN(c2cccc(Cl)c2CN)CC1. The maximum Gasteiger partial charge on any atom is 0.0471 e. The largest absolute Gasteiger partial charge is 0.371 e. The highest BCUT2D eigenvalue weighted by Crippen LogP contribution is 2.34. The van der Waals surface area contributed by atoms with Gasteiger partial charge in [0.25, 0.3) is 0 Å². The summed E-state index contributed by atoms with van der Waals surface area (Å²) in [5.41, 5.74) is 8.60. The van der Waals surface area contributed by atoms with Crippen molar-refractivity contribution in [2.24, 2.45) is 11.1 Å². The molecule has 0 amide bonds. The number of hydrogen-bond donors (Lipinski definition) is 1. The van der Waals surface area contributed by atoms with E-state index in [4.69, 9.17) is 17.3 Å². The fourth-order valence-electron chi connectivity index (χ4n) is 2.71. The fraction of sp³-hybridized carbons (Fsp3) is 0.600. The first-order chi connectivity index (χ1) is 8.53. The van der Waals surface area contributed by atoms with Gasteiger partial charge >= 0.3 is 0 Å². The Balaban J connectivity index is 2.24. The van der Waals surface area contributed by atoms with E-state index in [2.05, 4.69) is 24.8 Å². The lowest BCUT2D eigenvalue weighted by atomic mass is 9.85. The Kier molecular flexibility index (Phi) is 4.18. The van der Waals surface area contributed by atoms with Crippen LogP contribution in [0.25, 0.3) is 0 Å². The van der Waals surface area contributed by atoms with E-state index in [0.29, 0.717) is 12.0 Å². The highest BCUT2D eigenvalue weighted by Gasteiger charge is 2.24. The standard InChI is InChI=1S/C15H23ClN2/c1-15(2)7-4-9-18(10-8-15)14-6-3-5-13(16)12(14)11-17/h3,5-6H,4,7-11,17H2,1-2H3. The Hall–Kier alpha value is -0.730. The Morgan fingerprint density at radius 2 is 2.06 bits per heavy atom. The first-order valence-electron chi connectivity index (χ1n) is 6.76. The van der Waals surface area contributed by atoms with Gasteiger partial charge in [0.05, 0.1) is 0 Å². The molecule has 1 aliphatic rings. The predicted octanol–water partition coefficient (Wildman–Crippen LogP) is 3.82. The number of rotatable bonds is 2. The minimum Gasteiger partial charge on any atom is -0.371 e. The van der Waals surface area contributed by atoms with Gasteiger partial charge in [-0.1, -0.05) is 31.5 Å². The molecule has 3 heteroatoms. The highest BCUT2D eigenvalue weighted by atomic mass is 35.5. The average molecular weight is 267 g/mol. The summed E-state index contributed by atoms with van der Waals surface area (Å²) < 4.78 is 0. The molecule has 0 aliphatic carbocycles.